The number of hydrogen-bond acceptors (Lipinski definition) is 3. The summed E-state index contributed by atoms with van der Waals surface area (Å²) in [5.41, 5.74) is 8.23. The Morgan fingerprint density at radius 2 is 1.47 bits per heavy atom. The fourth-order valence-electron chi connectivity index (χ4n) is 2.69. The molecule has 0 bridgehead atoms. The molecule has 19 heavy (non-hydrogen) atoms. The van der Waals surface area contributed by atoms with Crippen LogP contribution in [0.5, 0.6) is 0 Å². The van der Waals surface area contributed by atoms with Gasteiger partial charge in [-0.15, -0.1) is 0 Å². The number of benzene rings is 1. The van der Waals surface area contributed by atoms with Crippen molar-refractivity contribution >= 4 is 0 Å². The second-order valence-electron chi connectivity index (χ2n) is 5.99. The molecule has 2 rings (SSSR count). The van der Waals surface area contributed by atoms with Gasteiger partial charge in [0, 0.05) is 45.8 Å². The molecule has 0 aliphatic carbocycles. The summed E-state index contributed by atoms with van der Waals surface area (Å²) < 4.78 is 0. The molecular formula is C16H27N3. The van der Waals surface area contributed by atoms with E-state index in [1.165, 1.54) is 43.9 Å². The third-order valence-corrected chi connectivity index (χ3v) is 3.75. The summed E-state index contributed by atoms with van der Waals surface area (Å²) >= 11 is 0. The fraction of sp³-hybridized carbons (Fsp3) is 0.625. The van der Waals surface area contributed by atoms with E-state index in [0.29, 0.717) is 6.54 Å². The standard InChI is InChI=1S/C16H27N3/c1-14(2)12-18-7-9-19(10-8-18)13-16-5-3-15(11-17)4-6-16/h3-6,14H,7-13,17H2,1-2H3. The molecular weight excluding hydrogens is 234 g/mol. The van der Waals surface area contributed by atoms with Crippen molar-refractivity contribution < 1.29 is 0 Å². The highest BCUT2D eigenvalue weighted by Crippen LogP contribution is 2.11. The molecule has 3 heteroatoms. The number of hydrogen-bond donors (Lipinski definition) is 1. The highest BCUT2D eigenvalue weighted by Gasteiger charge is 2.17. The van der Waals surface area contributed by atoms with Gasteiger partial charge in [0.2, 0.25) is 0 Å². The molecule has 0 spiro atoms. The predicted molar refractivity (Wildman–Crippen MR) is 80.9 cm³/mol. The largest absolute Gasteiger partial charge is 0.326 e. The third kappa shape index (κ3) is 4.60. The first kappa shape index (κ1) is 14.5. The summed E-state index contributed by atoms with van der Waals surface area (Å²) in [6.45, 7) is 12.3. The quantitative estimate of drug-likeness (QED) is 0.879. The van der Waals surface area contributed by atoms with Gasteiger partial charge in [0.25, 0.3) is 0 Å². The van der Waals surface area contributed by atoms with Crippen LogP contribution < -0.4 is 5.73 Å². The Kier molecular flexibility index (Phi) is 5.37. The van der Waals surface area contributed by atoms with Gasteiger partial charge >= 0.3 is 0 Å². The van der Waals surface area contributed by atoms with E-state index in [1.807, 2.05) is 0 Å². The molecule has 1 aliphatic heterocycles. The van der Waals surface area contributed by atoms with Crippen molar-refractivity contribution in [3.63, 3.8) is 0 Å². The Morgan fingerprint density at radius 1 is 0.947 bits per heavy atom. The summed E-state index contributed by atoms with van der Waals surface area (Å²) in [5.74, 6) is 0.773. The zero-order valence-electron chi connectivity index (χ0n) is 12.3. The summed E-state index contributed by atoms with van der Waals surface area (Å²) in [6, 6.07) is 8.71. The lowest BCUT2D eigenvalue weighted by atomic mass is 10.1. The molecule has 1 aromatic carbocycles. The highest BCUT2D eigenvalue weighted by molar-refractivity contribution is 5.22. The zero-order valence-corrected chi connectivity index (χ0v) is 12.3. The SMILES string of the molecule is CC(C)CN1CCN(Cc2ccc(CN)cc2)CC1. The van der Waals surface area contributed by atoms with Crippen LogP contribution in [0.15, 0.2) is 24.3 Å². The van der Waals surface area contributed by atoms with Crippen molar-refractivity contribution in [1.82, 2.24) is 9.80 Å². The smallest absolute Gasteiger partial charge is 0.0234 e. The first-order chi connectivity index (χ1) is 9.17. The van der Waals surface area contributed by atoms with Crippen LogP contribution in [0.2, 0.25) is 0 Å². The molecule has 0 saturated carbocycles. The summed E-state index contributed by atoms with van der Waals surface area (Å²) in [6.07, 6.45) is 0. The van der Waals surface area contributed by atoms with Gasteiger partial charge in [-0.1, -0.05) is 38.1 Å². The number of rotatable bonds is 5. The lowest BCUT2D eigenvalue weighted by Crippen LogP contribution is -2.46. The second kappa shape index (κ2) is 7.04. The van der Waals surface area contributed by atoms with Crippen LogP contribution in [0.3, 0.4) is 0 Å². The lowest BCUT2D eigenvalue weighted by molar-refractivity contribution is 0.117. The van der Waals surface area contributed by atoms with Crippen LogP contribution in [-0.4, -0.2) is 42.5 Å². The summed E-state index contributed by atoms with van der Waals surface area (Å²) in [7, 11) is 0. The van der Waals surface area contributed by atoms with Crippen molar-refractivity contribution in [1.29, 1.82) is 0 Å². The fourth-order valence-corrected chi connectivity index (χ4v) is 2.69. The minimum Gasteiger partial charge on any atom is -0.326 e. The average Bonchev–Trinajstić information content (AvgIpc) is 2.41. The molecule has 1 aliphatic rings. The van der Waals surface area contributed by atoms with E-state index in [4.69, 9.17) is 5.73 Å². The highest BCUT2D eigenvalue weighted by atomic mass is 15.3. The van der Waals surface area contributed by atoms with Crippen molar-refractivity contribution in [2.75, 3.05) is 32.7 Å². The van der Waals surface area contributed by atoms with Gasteiger partial charge in [0.05, 0.1) is 0 Å². The van der Waals surface area contributed by atoms with Crippen LogP contribution in [0.25, 0.3) is 0 Å². The molecule has 2 N–H and O–H groups in total. The lowest BCUT2D eigenvalue weighted by Gasteiger charge is -2.35. The molecule has 0 unspecified atom stereocenters. The molecule has 1 saturated heterocycles. The van der Waals surface area contributed by atoms with Crippen LogP contribution in [0.1, 0.15) is 25.0 Å². The average molecular weight is 261 g/mol. The van der Waals surface area contributed by atoms with E-state index in [-0.39, 0.29) is 0 Å². The number of piperazine rings is 1. The van der Waals surface area contributed by atoms with Crippen molar-refractivity contribution in [3.05, 3.63) is 35.4 Å². The van der Waals surface area contributed by atoms with E-state index >= 15 is 0 Å². The minimum absolute atomic E-state index is 0.633. The van der Waals surface area contributed by atoms with Crippen LogP contribution in [0.4, 0.5) is 0 Å². The number of nitrogens with zero attached hydrogens (tertiary/aromatic N) is 2. The summed E-state index contributed by atoms with van der Waals surface area (Å²) in [5, 5.41) is 0. The first-order valence-electron chi connectivity index (χ1n) is 7.40. The molecule has 0 atom stereocenters. The van der Waals surface area contributed by atoms with Gasteiger partial charge in [-0.2, -0.15) is 0 Å². The maximum Gasteiger partial charge on any atom is 0.0234 e. The van der Waals surface area contributed by atoms with Crippen molar-refractivity contribution in [3.8, 4) is 0 Å². The van der Waals surface area contributed by atoms with Gasteiger partial charge in [-0.05, 0) is 17.0 Å². The molecule has 0 radical (unpaired) electrons. The van der Waals surface area contributed by atoms with Gasteiger partial charge in [-0.25, -0.2) is 0 Å². The van der Waals surface area contributed by atoms with Gasteiger partial charge in [0.15, 0.2) is 0 Å². The molecule has 0 aromatic heterocycles. The molecule has 1 aromatic rings. The zero-order chi connectivity index (χ0) is 13.7. The van der Waals surface area contributed by atoms with E-state index in [9.17, 15) is 0 Å². The monoisotopic (exact) mass is 261 g/mol. The molecule has 3 nitrogen and oxygen atoms in total. The summed E-state index contributed by atoms with van der Waals surface area (Å²) in [4.78, 5) is 5.13. The Hall–Kier alpha value is -0.900. The minimum atomic E-state index is 0.633. The molecule has 0 amide bonds. The van der Waals surface area contributed by atoms with E-state index in [2.05, 4.69) is 47.9 Å². The van der Waals surface area contributed by atoms with E-state index in [1.54, 1.807) is 0 Å². The van der Waals surface area contributed by atoms with E-state index in [0.717, 1.165) is 12.5 Å². The molecule has 106 valence electrons. The van der Waals surface area contributed by atoms with Crippen molar-refractivity contribution in [2.24, 2.45) is 11.7 Å². The normalized spacial score (nSPS) is 18.1. The molecule has 1 heterocycles. The third-order valence-electron chi connectivity index (χ3n) is 3.75. The van der Waals surface area contributed by atoms with Gasteiger partial charge in [-0.3, -0.25) is 4.90 Å². The Morgan fingerprint density at radius 3 is 2.00 bits per heavy atom. The van der Waals surface area contributed by atoms with Gasteiger partial charge < -0.3 is 10.6 Å². The molecule has 1 fully saturated rings. The Labute approximate surface area is 117 Å². The van der Waals surface area contributed by atoms with Gasteiger partial charge in [0.1, 0.15) is 0 Å². The van der Waals surface area contributed by atoms with Crippen molar-refractivity contribution in [2.45, 2.75) is 26.9 Å². The van der Waals surface area contributed by atoms with Crippen LogP contribution in [0, 0.1) is 5.92 Å². The Bertz CT molecular complexity index is 364. The van der Waals surface area contributed by atoms with Crippen LogP contribution in [-0.2, 0) is 13.1 Å². The maximum absolute atomic E-state index is 5.62. The van der Waals surface area contributed by atoms with Crippen LogP contribution >= 0.6 is 0 Å². The van der Waals surface area contributed by atoms with E-state index < -0.39 is 0 Å². The first-order valence-corrected chi connectivity index (χ1v) is 7.40. The predicted octanol–water partition coefficient (Wildman–Crippen LogP) is 1.92. The topological polar surface area (TPSA) is 32.5 Å². The maximum atomic E-state index is 5.62. The Balaban J connectivity index is 1.78. The second-order valence-corrected chi connectivity index (χ2v) is 5.99. The number of nitrogens with two attached hydrogens (primary N) is 1.